The molecule has 0 saturated carbocycles. The third-order valence-electron chi connectivity index (χ3n) is 4.99. The van der Waals surface area contributed by atoms with Gasteiger partial charge in [0.25, 0.3) is 5.91 Å². The first-order valence-electron chi connectivity index (χ1n) is 9.12. The van der Waals surface area contributed by atoms with Crippen LogP contribution in [0.2, 0.25) is 0 Å². The van der Waals surface area contributed by atoms with E-state index < -0.39 is 5.97 Å². The maximum Gasteiger partial charge on any atom is 0.341 e. The van der Waals surface area contributed by atoms with Crippen LogP contribution in [-0.2, 0) is 17.7 Å². The van der Waals surface area contributed by atoms with Crippen molar-refractivity contribution in [2.75, 3.05) is 39.7 Å². The topological polar surface area (TPSA) is 78.3 Å². The number of likely N-dealkylation sites (N-methyl/N-ethyl adjacent to an activating group) is 1. The molecule has 28 heavy (non-hydrogen) atoms. The average Bonchev–Trinajstić information content (AvgIpc) is 3.08. The molecule has 3 rings (SSSR count). The van der Waals surface area contributed by atoms with Gasteiger partial charge in [-0.05, 0) is 24.6 Å². The van der Waals surface area contributed by atoms with Crippen molar-refractivity contribution < 1.29 is 28.7 Å². The molecule has 8 heteroatoms. The number of anilines is 1. The van der Waals surface area contributed by atoms with Crippen LogP contribution < -0.4 is 19.7 Å². The summed E-state index contributed by atoms with van der Waals surface area (Å²) in [6, 6.07) is 5.10. The summed E-state index contributed by atoms with van der Waals surface area (Å²) >= 11 is 1.45. The Bertz CT molecular complexity index is 893. The molecule has 0 aliphatic carbocycles. The molecule has 1 unspecified atom stereocenters. The average molecular weight is 405 g/mol. The van der Waals surface area contributed by atoms with Crippen LogP contribution in [0.4, 0.5) is 5.00 Å². The predicted octanol–water partition coefficient (Wildman–Crippen LogP) is 1.77. The Morgan fingerprint density at radius 1 is 1.21 bits per heavy atom. The molecule has 7 nitrogen and oxygen atoms in total. The van der Waals surface area contributed by atoms with Crippen molar-refractivity contribution >= 4 is 28.2 Å². The van der Waals surface area contributed by atoms with E-state index in [1.165, 1.54) is 37.6 Å². The van der Waals surface area contributed by atoms with Crippen molar-refractivity contribution in [3.8, 4) is 11.5 Å². The monoisotopic (exact) mass is 405 g/mol. The second kappa shape index (κ2) is 8.62. The number of fused-ring (bicyclic) bond motifs is 1. The van der Waals surface area contributed by atoms with Crippen molar-refractivity contribution in [2.45, 2.75) is 19.9 Å². The van der Waals surface area contributed by atoms with Gasteiger partial charge in [-0.2, -0.15) is 0 Å². The minimum Gasteiger partial charge on any atom is -0.493 e. The molecule has 1 aromatic heterocycles. The number of esters is 1. The lowest BCUT2D eigenvalue weighted by Gasteiger charge is -2.22. The molecular weight excluding hydrogens is 380 g/mol. The summed E-state index contributed by atoms with van der Waals surface area (Å²) < 4.78 is 15.6. The molecule has 2 heterocycles. The van der Waals surface area contributed by atoms with Crippen LogP contribution in [0.5, 0.6) is 11.5 Å². The summed E-state index contributed by atoms with van der Waals surface area (Å²) in [5.74, 6) is 0.0330. The van der Waals surface area contributed by atoms with Crippen LogP contribution >= 0.6 is 11.3 Å². The van der Waals surface area contributed by atoms with Gasteiger partial charge in [0.2, 0.25) is 0 Å². The first-order valence-corrected chi connectivity index (χ1v) is 9.94. The lowest BCUT2D eigenvalue weighted by atomic mass is 10.0. The number of thiophene rings is 1. The fourth-order valence-corrected chi connectivity index (χ4v) is 4.78. The Morgan fingerprint density at radius 3 is 2.64 bits per heavy atom. The summed E-state index contributed by atoms with van der Waals surface area (Å²) in [6.45, 7) is 4.97. The Morgan fingerprint density at radius 2 is 2.00 bits per heavy atom. The van der Waals surface area contributed by atoms with Gasteiger partial charge in [-0.3, -0.25) is 4.79 Å². The number of hydrogen-bond acceptors (Lipinski definition) is 6. The van der Waals surface area contributed by atoms with Gasteiger partial charge in [-0.1, -0.05) is 6.07 Å². The third kappa shape index (κ3) is 3.70. The van der Waals surface area contributed by atoms with Gasteiger partial charge in [-0.15, -0.1) is 11.3 Å². The molecule has 1 aliphatic rings. The van der Waals surface area contributed by atoms with Crippen molar-refractivity contribution in [3.63, 3.8) is 0 Å². The fraction of sp³-hybridized carbons (Fsp3) is 0.400. The lowest BCUT2D eigenvalue weighted by Crippen LogP contribution is -3.11. The van der Waals surface area contributed by atoms with Crippen LogP contribution in [0.3, 0.4) is 0 Å². The maximum atomic E-state index is 13.0. The number of carbonyl (C=O) groups is 2. The minimum absolute atomic E-state index is 0.338. The zero-order chi connectivity index (χ0) is 20.3. The molecule has 1 aliphatic heterocycles. The molecule has 0 saturated heterocycles. The molecule has 0 fully saturated rings. The molecule has 0 spiro atoms. The van der Waals surface area contributed by atoms with Crippen LogP contribution in [0, 0.1) is 0 Å². The number of hydrogen-bond donors (Lipinski definition) is 2. The Balaban J connectivity index is 1.97. The summed E-state index contributed by atoms with van der Waals surface area (Å²) in [7, 11) is 4.36. The van der Waals surface area contributed by atoms with Crippen LogP contribution in [-0.4, -0.2) is 46.3 Å². The van der Waals surface area contributed by atoms with E-state index in [-0.39, 0.29) is 5.91 Å². The Labute approximate surface area is 168 Å². The van der Waals surface area contributed by atoms with Crippen molar-refractivity contribution in [3.05, 3.63) is 39.8 Å². The quantitative estimate of drug-likeness (QED) is 0.716. The van der Waals surface area contributed by atoms with E-state index >= 15 is 0 Å². The molecule has 1 amide bonds. The summed E-state index contributed by atoms with van der Waals surface area (Å²) in [6.07, 6.45) is 0.789. The molecule has 2 aromatic rings. The van der Waals surface area contributed by atoms with Crippen molar-refractivity contribution in [1.82, 2.24) is 0 Å². The zero-order valence-electron chi connectivity index (χ0n) is 16.5. The van der Waals surface area contributed by atoms with Crippen LogP contribution in [0.1, 0.15) is 38.1 Å². The lowest BCUT2D eigenvalue weighted by molar-refractivity contribution is -0.913. The first kappa shape index (κ1) is 20.2. The van der Waals surface area contributed by atoms with E-state index in [0.29, 0.717) is 27.6 Å². The zero-order valence-corrected chi connectivity index (χ0v) is 17.3. The van der Waals surface area contributed by atoms with E-state index in [4.69, 9.17) is 14.2 Å². The second-order valence-electron chi connectivity index (χ2n) is 6.48. The molecule has 0 radical (unpaired) electrons. The predicted molar refractivity (Wildman–Crippen MR) is 107 cm³/mol. The SMILES string of the molecule is CC[NH+]1CCc2c(sc(NC(=O)c3cccc(OC)c3OC)c2C(=O)OC)C1. The van der Waals surface area contributed by atoms with Gasteiger partial charge in [0.15, 0.2) is 11.5 Å². The van der Waals surface area contributed by atoms with Crippen LogP contribution in [0.15, 0.2) is 18.2 Å². The highest BCUT2D eigenvalue weighted by molar-refractivity contribution is 7.17. The van der Waals surface area contributed by atoms with E-state index in [1.807, 2.05) is 0 Å². The number of nitrogens with one attached hydrogen (secondary N) is 2. The summed E-state index contributed by atoms with van der Waals surface area (Å²) in [5, 5.41) is 3.41. The Hall–Kier alpha value is -2.58. The number of quaternary nitrogens is 1. The van der Waals surface area contributed by atoms with Gasteiger partial charge in [-0.25, -0.2) is 4.79 Å². The van der Waals surface area contributed by atoms with Gasteiger partial charge in [0.1, 0.15) is 11.5 Å². The maximum absolute atomic E-state index is 13.0. The van der Waals surface area contributed by atoms with Gasteiger partial charge in [0, 0.05) is 6.42 Å². The third-order valence-corrected chi connectivity index (χ3v) is 6.14. The van der Waals surface area contributed by atoms with E-state index in [0.717, 1.165) is 36.5 Å². The fourth-order valence-electron chi connectivity index (χ4n) is 3.48. The van der Waals surface area contributed by atoms with Crippen LogP contribution in [0.25, 0.3) is 0 Å². The number of carbonyl (C=O) groups excluding carboxylic acids is 2. The highest BCUT2D eigenvalue weighted by atomic mass is 32.1. The molecule has 2 N–H and O–H groups in total. The van der Waals surface area contributed by atoms with E-state index in [9.17, 15) is 9.59 Å². The second-order valence-corrected chi connectivity index (χ2v) is 7.58. The molecule has 1 aromatic carbocycles. The number of ether oxygens (including phenoxy) is 3. The standard InChI is InChI=1S/C20H24N2O5S/c1-5-22-10-9-12-15(11-22)28-19(16(12)20(24)27-4)21-18(23)13-7-6-8-14(25-2)17(13)26-3/h6-8H,5,9-11H2,1-4H3,(H,21,23)/p+1. The molecule has 0 bridgehead atoms. The normalized spacial score (nSPS) is 15.5. The largest absolute Gasteiger partial charge is 0.493 e. The van der Waals surface area contributed by atoms with Gasteiger partial charge in [0.05, 0.1) is 50.4 Å². The van der Waals surface area contributed by atoms with E-state index in [2.05, 4.69) is 12.2 Å². The summed E-state index contributed by atoms with van der Waals surface area (Å²) in [4.78, 5) is 28.0. The van der Waals surface area contributed by atoms with Crippen molar-refractivity contribution in [2.24, 2.45) is 0 Å². The van der Waals surface area contributed by atoms with Gasteiger partial charge < -0.3 is 24.4 Å². The van der Waals surface area contributed by atoms with Gasteiger partial charge >= 0.3 is 5.97 Å². The Kier molecular flexibility index (Phi) is 6.21. The number of rotatable bonds is 6. The highest BCUT2D eigenvalue weighted by Gasteiger charge is 2.31. The highest BCUT2D eigenvalue weighted by Crippen LogP contribution is 2.37. The van der Waals surface area contributed by atoms with Crippen molar-refractivity contribution in [1.29, 1.82) is 0 Å². The first-order chi connectivity index (χ1) is 13.5. The number of amides is 1. The molecule has 1 atom stereocenters. The minimum atomic E-state index is -0.426. The summed E-state index contributed by atoms with van der Waals surface area (Å²) in [5.41, 5.74) is 1.79. The van der Waals surface area contributed by atoms with E-state index in [1.54, 1.807) is 18.2 Å². The number of benzene rings is 1. The molecule has 150 valence electrons. The molecular formula is C20H25N2O5S+. The number of para-hydroxylation sites is 1. The number of methoxy groups -OCH3 is 3. The smallest absolute Gasteiger partial charge is 0.341 e.